The predicted octanol–water partition coefficient (Wildman–Crippen LogP) is -0.386. The molecule has 0 aliphatic carbocycles. The zero-order valence-corrected chi connectivity index (χ0v) is 10.7. The second kappa shape index (κ2) is 4.66. The van der Waals surface area contributed by atoms with E-state index in [0.717, 1.165) is 0 Å². The third-order valence-electron chi connectivity index (χ3n) is 1.47. The van der Waals surface area contributed by atoms with E-state index in [-0.39, 0.29) is 46.0 Å². The number of nitrogens with one attached hydrogen (secondary N) is 1. The Bertz CT molecular complexity index is 488. The quantitative estimate of drug-likeness (QED) is 0.634. The molecule has 0 fully saturated rings. The first-order valence-corrected chi connectivity index (χ1v) is 3.33. The van der Waals surface area contributed by atoms with Crippen LogP contribution in [0.3, 0.4) is 0 Å². The molecule has 0 saturated heterocycles. The number of anilines is 1. The van der Waals surface area contributed by atoms with Crippen molar-refractivity contribution in [2.45, 2.75) is 6.92 Å². The molecule has 0 aliphatic rings. The Morgan fingerprint density at radius 1 is 1.43 bits per heavy atom. The molecule has 0 spiro atoms. The standard InChI is InChI=1S/C6H7N5O.CH3.Y/c1-2-8-4(7)3-5(9-2)11-6(12)10-3;;/h1H3,(H4,7,8,9,10,11,12);1H3;/q;-1;/p-1. The minimum atomic E-state index is -0.448. The van der Waals surface area contributed by atoms with E-state index in [9.17, 15) is 4.79 Å². The van der Waals surface area contributed by atoms with Gasteiger partial charge in [-0.2, -0.15) is 0 Å². The van der Waals surface area contributed by atoms with E-state index in [4.69, 9.17) is 5.73 Å². The van der Waals surface area contributed by atoms with Gasteiger partial charge in [0.2, 0.25) is 5.69 Å². The number of aromatic nitrogens is 4. The Kier molecular flexibility index (Phi) is 4.41. The molecule has 0 amide bonds. The maximum atomic E-state index is 10.8. The summed E-state index contributed by atoms with van der Waals surface area (Å²) in [6.07, 6.45) is 0. The molecule has 0 unspecified atom stereocenters. The van der Waals surface area contributed by atoms with Crippen LogP contribution in [0.5, 0.6) is 0 Å². The molecule has 6 nitrogen and oxygen atoms in total. The van der Waals surface area contributed by atoms with E-state index in [1.807, 2.05) is 0 Å². The van der Waals surface area contributed by atoms with Gasteiger partial charge < -0.3 is 28.1 Å². The zero-order chi connectivity index (χ0) is 8.72. The summed E-state index contributed by atoms with van der Waals surface area (Å²) in [5, 5.41) is 0. The maximum absolute atomic E-state index is 10.8. The molecule has 2 aromatic rings. The van der Waals surface area contributed by atoms with Crippen molar-refractivity contribution in [3.05, 3.63) is 23.7 Å². The number of aryl methyl sites for hydroxylation is 1. The first-order chi connectivity index (χ1) is 5.66. The van der Waals surface area contributed by atoms with Crippen molar-refractivity contribution in [3.8, 4) is 0 Å². The van der Waals surface area contributed by atoms with Gasteiger partial charge in [-0.1, -0.05) is 0 Å². The van der Waals surface area contributed by atoms with Crippen LogP contribution in [0, 0.1) is 14.4 Å². The van der Waals surface area contributed by atoms with Gasteiger partial charge in [0, 0.05) is 43.9 Å². The number of nitrogen functional groups attached to an aromatic ring is 1. The van der Waals surface area contributed by atoms with Gasteiger partial charge in [-0.15, -0.1) is 0 Å². The first kappa shape index (κ1) is 13.3. The van der Waals surface area contributed by atoms with Crippen LogP contribution in [-0.2, 0) is 32.7 Å². The molecule has 3 N–H and O–H groups in total. The van der Waals surface area contributed by atoms with Gasteiger partial charge in [0.15, 0.2) is 0 Å². The summed E-state index contributed by atoms with van der Waals surface area (Å²) < 4.78 is 0. The normalized spacial score (nSPS) is 9.21. The molecular weight excluding hydrogens is 259 g/mol. The minimum Gasteiger partial charge on any atom is -0.383 e. The molecule has 1 radical (unpaired) electrons. The maximum Gasteiger partial charge on any atom is 0.220 e. The minimum absolute atomic E-state index is 0. The number of hydrogen-bond acceptors (Lipinski definition) is 4. The smallest absolute Gasteiger partial charge is 0.220 e. The van der Waals surface area contributed by atoms with E-state index >= 15 is 0 Å². The summed E-state index contributed by atoms with van der Waals surface area (Å²) in [7, 11) is 0. The molecule has 0 aliphatic heterocycles. The number of aromatic amines is 1. The zero-order valence-electron chi connectivity index (χ0n) is 7.90. The largest absolute Gasteiger partial charge is 0.383 e. The fourth-order valence-corrected chi connectivity index (χ4v) is 1.01. The van der Waals surface area contributed by atoms with Crippen molar-refractivity contribution in [2.75, 3.05) is 5.73 Å². The van der Waals surface area contributed by atoms with Crippen molar-refractivity contribution in [2.24, 2.45) is 0 Å². The van der Waals surface area contributed by atoms with Crippen LogP contribution in [0.4, 0.5) is 5.82 Å². The molecule has 0 aromatic carbocycles. The Morgan fingerprint density at radius 2 is 2.07 bits per heavy atom. The summed E-state index contributed by atoms with van der Waals surface area (Å²) in [5.74, 6) is 0.763. The van der Waals surface area contributed by atoms with Gasteiger partial charge in [0.05, 0.1) is 5.82 Å². The number of imidazole rings is 1. The Labute approximate surface area is 106 Å². The number of H-pyrrole nitrogens is 1. The average molecular weight is 268 g/mol. The number of nitrogens with two attached hydrogens (primary N) is 1. The molecule has 0 atom stereocenters. The molecule has 7 heteroatoms. The third-order valence-corrected chi connectivity index (χ3v) is 1.47. The van der Waals surface area contributed by atoms with E-state index in [2.05, 4.69) is 19.9 Å². The van der Waals surface area contributed by atoms with Crippen LogP contribution in [0.15, 0.2) is 4.79 Å². The second-order valence-electron chi connectivity index (χ2n) is 2.40. The van der Waals surface area contributed by atoms with Gasteiger partial charge in [0.1, 0.15) is 5.82 Å². The number of nitrogens with zero attached hydrogens (tertiary/aromatic N) is 3. The van der Waals surface area contributed by atoms with Gasteiger partial charge in [-0.05, 0) is 6.92 Å². The molecule has 2 aromatic heterocycles. The Balaban J connectivity index is 0.000000845. The predicted molar refractivity (Wildman–Crippen MR) is 49.0 cm³/mol. The van der Waals surface area contributed by atoms with Crippen molar-refractivity contribution >= 4 is 17.0 Å². The first-order valence-electron chi connectivity index (χ1n) is 3.33. The fraction of sp³-hybridized carbons (Fsp3) is 0.143. The Morgan fingerprint density at radius 3 is 2.71 bits per heavy atom. The summed E-state index contributed by atoms with van der Waals surface area (Å²) in [6.45, 7) is 1.69. The monoisotopic (exact) mass is 268 g/mol. The van der Waals surface area contributed by atoms with Gasteiger partial charge in [0.25, 0.3) is 0 Å². The van der Waals surface area contributed by atoms with E-state index in [1.54, 1.807) is 6.92 Å². The summed E-state index contributed by atoms with van der Waals surface area (Å²) in [5.41, 5.74) is 5.79. The van der Waals surface area contributed by atoms with Crippen LogP contribution in [0.25, 0.3) is 11.2 Å². The van der Waals surface area contributed by atoms with Gasteiger partial charge in [-0.3, -0.25) is 4.79 Å². The van der Waals surface area contributed by atoms with Gasteiger partial charge >= 0.3 is 0 Å². The number of fused-ring (bicyclic) bond motifs is 1. The van der Waals surface area contributed by atoms with Crippen molar-refractivity contribution in [1.82, 2.24) is 19.9 Å². The van der Waals surface area contributed by atoms with Crippen LogP contribution in [0.1, 0.15) is 5.82 Å². The Hall–Kier alpha value is -0.746. The van der Waals surface area contributed by atoms with E-state index in [0.29, 0.717) is 17.0 Å². The number of hydrogen-bond donors (Lipinski definition) is 2. The summed E-state index contributed by atoms with van der Waals surface area (Å²) >= 11 is 0. The molecule has 2 heterocycles. The van der Waals surface area contributed by atoms with Crippen molar-refractivity contribution in [3.63, 3.8) is 0 Å². The topological polar surface area (TPSA) is 98.8 Å². The molecule has 2 rings (SSSR count). The van der Waals surface area contributed by atoms with Crippen LogP contribution < -0.4 is 16.4 Å². The summed E-state index contributed by atoms with van der Waals surface area (Å²) in [6, 6.07) is 0. The molecular formula is C7H9N5OY-2. The van der Waals surface area contributed by atoms with Gasteiger partial charge in [-0.25, -0.2) is 4.98 Å². The molecule has 0 bridgehead atoms. The van der Waals surface area contributed by atoms with Crippen LogP contribution in [-0.4, -0.2) is 15.0 Å². The van der Waals surface area contributed by atoms with E-state index < -0.39 is 5.69 Å². The molecule has 73 valence electrons. The number of rotatable bonds is 0. The molecule has 0 saturated carbocycles. The third kappa shape index (κ3) is 2.19. The average Bonchev–Trinajstić information content (AvgIpc) is 2.29. The molecule has 14 heavy (non-hydrogen) atoms. The second-order valence-corrected chi connectivity index (χ2v) is 2.40. The van der Waals surface area contributed by atoms with E-state index in [1.165, 1.54) is 0 Å². The van der Waals surface area contributed by atoms with Crippen LogP contribution >= 0.6 is 0 Å². The summed E-state index contributed by atoms with van der Waals surface area (Å²) in [4.78, 5) is 24.6. The van der Waals surface area contributed by atoms with Crippen molar-refractivity contribution < 1.29 is 32.7 Å². The van der Waals surface area contributed by atoms with Crippen molar-refractivity contribution in [1.29, 1.82) is 0 Å². The fourth-order valence-electron chi connectivity index (χ4n) is 1.01. The van der Waals surface area contributed by atoms with Crippen LogP contribution in [0.2, 0.25) is 0 Å². The SMILES string of the molecule is Cc1nc(N)c2[nH]c(=O)[n-]c2n1.[CH3-].[Y].